The molecule has 2 aromatic carbocycles. The Morgan fingerprint density at radius 3 is 2.41 bits per heavy atom. The maximum atomic E-state index is 11.9. The molecule has 6 heteroatoms. The van der Waals surface area contributed by atoms with Gasteiger partial charge in [0, 0.05) is 28.7 Å². The summed E-state index contributed by atoms with van der Waals surface area (Å²) in [6, 6.07) is 15.6. The SMILES string of the molecule is CCCCCC(=O)Nc1ccc(-c2csc(Nc3ccc(OCC)cc3)n2)cc1. The highest BCUT2D eigenvalue weighted by Crippen LogP contribution is 2.28. The molecule has 0 saturated heterocycles. The van der Waals surface area contributed by atoms with Gasteiger partial charge in [0.1, 0.15) is 5.75 Å². The number of rotatable bonds is 10. The summed E-state index contributed by atoms with van der Waals surface area (Å²) in [6.07, 6.45) is 3.71. The second kappa shape index (κ2) is 10.6. The molecule has 3 aromatic rings. The van der Waals surface area contributed by atoms with Gasteiger partial charge in [-0.2, -0.15) is 0 Å². The van der Waals surface area contributed by atoms with E-state index in [9.17, 15) is 4.79 Å². The zero-order valence-corrected chi connectivity index (χ0v) is 17.7. The zero-order chi connectivity index (χ0) is 20.5. The van der Waals surface area contributed by atoms with Gasteiger partial charge in [0.05, 0.1) is 12.3 Å². The molecule has 5 nitrogen and oxygen atoms in total. The van der Waals surface area contributed by atoms with Crippen molar-refractivity contribution in [1.82, 2.24) is 4.98 Å². The van der Waals surface area contributed by atoms with E-state index in [2.05, 4.69) is 22.5 Å². The first-order valence-corrected chi connectivity index (χ1v) is 10.9. The first-order chi connectivity index (χ1) is 14.2. The van der Waals surface area contributed by atoms with Crippen LogP contribution >= 0.6 is 11.3 Å². The number of unbranched alkanes of at least 4 members (excludes halogenated alkanes) is 2. The van der Waals surface area contributed by atoms with Crippen molar-refractivity contribution < 1.29 is 9.53 Å². The molecule has 0 radical (unpaired) electrons. The lowest BCUT2D eigenvalue weighted by molar-refractivity contribution is -0.116. The molecule has 2 N–H and O–H groups in total. The number of benzene rings is 2. The number of hydrogen-bond donors (Lipinski definition) is 2. The van der Waals surface area contributed by atoms with E-state index < -0.39 is 0 Å². The molecule has 0 aliphatic rings. The van der Waals surface area contributed by atoms with Crippen molar-refractivity contribution in [2.75, 3.05) is 17.2 Å². The van der Waals surface area contributed by atoms with Gasteiger partial charge in [-0.1, -0.05) is 31.9 Å². The second-order valence-electron chi connectivity index (χ2n) is 6.70. The lowest BCUT2D eigenvalue weighted by Gasteiger charge is -2.06. The standard InChI is InChI=1S/C23H27N3O2S/c1-3-5-6-7-22(27)24-18-10-8-17(9-11-18)21-16-29-23(26-21)25-19-12-14-20(15-13-19)28-4-2/h8-16H,3-7H2,1-2H3,(H,24,27)(H,25,26). The van der Waals surface area contributed by atoms with E-state index >= 15 is 0 Å². The molecular weight excluding hydrogens is 382 g/mol. The maximum absolute atomic E-state index is 11.9. The van der Waals surface area contributed by atoms with Gasteiger partial charge in [-0.15, -0.1) is 11.3 Å². The molecule has 152 valence electrons. The van der Waals surface area contributed by atoms with E-state index in [4.69, 9.17) is 4.74 Å². The lowest BCUT2D eigenvalue weighted by Crippen LogP contribution is -2.10. The quantitative estimate of drug-likeness (QED) is 0.377. The molecule has 0 aliphatic carbocycles. The van der Waals surface area contributed by atoms with Crippen LogP contribution in [0.2, 0.25) is 0 Å². The molecule has 0 bridgehead atoms. The fraction of sp³-hybridized carbons (Fsp3) is 0.304. The predicted octanol–water partition coefficient (Wildman–Crippen LogP) is 6.47. The third kappa shape index (κ3) is 6.32. The number of thiazole rings is 1. The largest absolute Gasteiger partial charge is 0.494 e. The molecule has 0 unspecified atom stereocenters. The lowest BCUT2D eigenvalue weighted by atomic mass is 10.1. The van der Waals surface area contributed by atoms with Gasteiger partial charge >= 0.3 is 0 Å². The summed E-state index contributed by atoms with van der Waals surface area (Å²) in [5, 5.41) is 9.13. The zero-order valence-electron chi connectivity index (χ0n) is 16.9. The van der Waals surface area contributed by atoms with Gasteiger partial charge in [-0.05, 0) is 49.7 Å². The van der Waals surface area contributed by atoms with E-state index in [-0.39, 0.29) is 5.91 Å². The van der Waals surface area contributed by atoms with Crippen LogP contribution in [0.25, 0.3) is 11.3 Å². The number of aromatic nitrogens is 1. The number of ether oxygens (including phenoxy) is 1. The summed E-state index contributed by atoms with van der Waals surface area (Å²) in [7, 11) is 0. The van der Waals surface area contributed by atoms with Crippen molar-refractivity contribution in [1.29, 1.82) is 0 Å². The molecule has 0 aliphatic heterocycles. The molecule has 0 fully saturated rings. The number of carbonyl (C=O) groups excluding carboxylic acids is 1. The van der Waals surface area contributed by atoms with Crippen LogP contribution in [0.3, 0.4) is 0 Å². The highest BCUT2D eigenvalue weighted by atomic mass is 32.1. The van der Waals surface area contributed by atoms with Gasteiger partial charge in [0.2, 0.25) is 5.91 Å². The Balaban J connectivity index is 1.57. The monoisotopic (exact) mass is 409 g/mol. The summed E-state index contributed by atoms with van der Waals surface area (Å²) in [5.74, 6) is 0.928. The molecule has 1 amide bonds. The van der Waals surface area contributed by atoms with Gasteiger partial charge in [-0.25, -0.2) is 4.98 Å². The van der Waals surface area contributed by atoms with E-state index in [1.54, 1.807) is 11.3 Å². The number of anilines is 3. The summed E-state index contributed by atoms with van der Waals surface area (Å²) >= 11 is 1.56. The summed E-state index contributed by atoms with van der Waals surface area (Å²) < 4.78 is 5.46. The average Bonchev–Trinajstić information content (AvgIpc) is 3.19. The molecule has 0 saturated carbocycles. The molecular formula is C23H27N3O2S. The van der Waals surface area contributed by atoms with Gasteiger partial charge in [0.25, 0.3) is 0 Å². The Morgan fingerprint density at radius 1 is 1.00 bits per heavy atom. The number of amides is 1. The Hall–Kier alpha value is -2.86. The number of carbonyl (C=O) groups is 1. The van der Waals surface area contributed by atoms with Crippen LogP contribution in [-0.2, 0) is 4.79 Å². The first-order valence-electron chi connectivity index (χ1n) is 10.0. The van der Waals surface area contributed by atoms with Gasteiger partial charge < -0.3 is 15.4 Å². The van der Waals surface area contributed by atoms with Crippen molar-refractivity contribution in [2.45, 2.75) is 39.5 Å². The van der Waals surface area contributed by atoms with Crippen molar-refractivity contribution in [3.63, 3.8) is 0 Å². The molecule has 0 atom stereocenters. The molecule has 1 heterocycles. The van der Waals surface area contributed by atoms with Gasteiger partial charge in [-0.3, -0.25) is 4.79 Å². The highest BCUT2D eigenvalue weighted by molar-refractivity contribution is 7.14. The van der Waals surface area contributed by atoms with Crippen LogP contribution < -0.4 is 15.4 Å². The maximum Gasteiger partial charge on any atom is 0.224 e. The minimum Gasteiger partial charge on any atom is -0.494 e. The fourth-order valence-corrected chi connectivity index (χ4v) is 3.61. The third-order valence-electron chi connectivity index (χ3n) is 4.39. The van der Waals surface area contributed by atoms with Crippen molar-refractivity contribution in [3.05, 3.63) is 53.9 Å². The minimum atomic E-state index is 0.0710. The van der Waals surface area contributed by atoms with Gasteiger partial charge in [0.15, 0.2) is 5.13 Å². The van der Waals surface area contributed by atoms with Crippen LogP contribution in [0, 0.1) is 0 Å². The third-order valence-corrected chi connectivity index (χ3v) is 5.15. The highest BCUT2D eigenvalue weighted by Gasteiger charge is 2.07. The topological polar surface area (TPSA) is 63.2 Å². The van der Waals surface area contributed by atoms with E-state index in [1.807, 2.05) is 60.8 Å². The van der Waals surface area contributed by atoms with Crippen molar-refractivity contribution in [3.8, 4) is 17.0 Å². The van der Waals surface area contributed by atoms with Crippen molar-refractivity contribution >= 4 is 33.8 Å². The number of hydrogen-bond acceptors (Lipinski definition) is 5. The Labute approximate surface area is 176 Å². The Morgan fingerprint density at radius 2 is 1.72 bits per heavy atom. The van der Waals surface area contributed by atoms with Crippen LogP contribution in [0.15, 0.2) is 53.9 Å². The van der Waals surface area contributed by atoms with Crippen molar-refractivity contribution in [2.24, 2.45) is 0 Å². The predicted molar refractivity (Wildman–Crippen MR) is 121 cm³/mol. The van der Waals surface area contributed by atoms with E-state index in [0.717, 1.165) is 52.8 Å². The molecule has 29 heavy (non-hydrogen) atoms. The number of nitrogens with zero attached hydrogens (tertiary/aromatic N) is 1. The summed E-state index contributed by atoms with van der Waals surface area (Å²) in [5.41, 5.74) is 3.71. The summed E-state index contributed by atoms with van der Waals surface area (Å²) in [4.78, 5) is 16.6. The van der Waals surface area contributed by atoms with Crippen LogP contribution in [0.1, 0.15) is 39.5 Å². The molecule has 3 rings (SSSR count). The minimum absolute atomic E-state index is 0.0710. The van der Waals surface area contributed by atoms with E-state index in [0.29, 0.717) is 13.0 Å². The number of nitrogens with one attached hydrogen (secondary N) is 2. The van der Waals surface area contributed by atoms with Crippen LogP contribution in [0.5, 0.6) is 5.75 Å². The Bertz CT molecular complexity index is 905. The molecule has 0 spiro atoms. The van der Waals surface area contributed by atoms with E-state index in [1.165, 1.54) is 0 Å². The normalized spacial score (nSPS) is 10.6. The van der Waals surface area contributed by atoms with Crippen LogP contribution in [-0.4, -0.2) is 17.5 Å². The van der Waals surface area contributed by atoms with Crippen LogP contribution in [0.4, 0.5) is 16.5 Å². The first kappa shape index (κ1) is 20.9. The smallest absolute Gasteiger partial charge is 0.224 e. The molecule has 1 aromatic heterocycles. The Kier molecular flexibility index (Phi) is 7.64. The summed E-state index contributed by atoms with van der Waals surface area (Å²) in [6.45, 7) is 4.76. The second-order valence-corrected chi connectivity index (χ2v) is 7.56. The fourth-order valence-electron chi connectivity index (χ4n) is 2.87. The average molecular weight is 410 g/mol.